The lowest BCUT2D eigenvalue weighted by molar-refractivity contribution is 1.03. The highest BCUT2D eigenvalue weighted by Crippen LogP contribution is 2.31. The number of aromatic nitrogens is 1. The van der Waals surface area contributed by atoms with E-state index in [1.165, 1.54) is 60.2 Å². The first-order chi connectivity index (χ1) is 16.1. The van der Waals surface area contributed by atoms with Gasteiger partial charge < -0.3 is 4.57 Å². The van der Waals surface area contributed by atoms with Crippen LogP contribution in [0.4, 0.5) is 0 Å². The summed E-state index contributed by atoms with van der Waals surface area (Å²) in [6.07, 6.45) is 16.0. The fraction of sp³-hybridized carbons (Fsp3) is 0.188. The Kier molecular flexibility index (Phi) is 6.51. The van der Waals surface area contributed by atoms with Crippen LogP contribution < -0.4 is 10.4 Å². The summed E-state index contributed by atoms with van der Waals surface area (Å²) in [5, 5.41) is 7.57. The Morgan fingerprint density at radius 2 is 1.48 bits per heavy atom. The predicted octanol–water partition coefficient (Wildman–Crippen LogP) is 7.49. The molecule has 4 rings (SSSR count). The molecule has 166 valence electrons. The second kappa shape index (κ2) is 9.50. The standard InChI is InChI=1S/C32H33N/c1-7-14-26-25(11-5)27-17-12-13-18-28(27)30-21-23(19-20-29(26)30)33-31(15-8-2)22(6)24(10-4)32(33)16-9-3/h7-9,11-21H,1,10H2,2-6H3/b15-8-,16-9-,25-11+,26-14+. The van der Waals surface area contributed by atoms with Gasteiger partial charge in [0.1, 0.15) is 0 Å². The molecule has 1 heterocycles. The van der Waals surface area contributed by atoms with E-state index in [2.05, 4.69) is 125 Å². The Hall–Kier alpha value is -3.58. The quantitative estimate of drug-likeness (QED) is 0.289. The molecule has 0 unspecified atom stereocenters. The molecule has 4 aromatic rings. The average molecular weight is 432 g/mol. The van der Waals surface area contributed by atoms with Gasteiger partial charge in [-0.1, -0.05) is 74.2 Å². The van der Waals surface area contributed by atoms with E-state index in [0.29, 0.717) is 0 Å². The topological polar surface area (TPSA) is 4.93 Å². The molecule has 0 atom stereocenters. The number of nitrogens with zero attached hydrogens (tertiary/aromatic N) is 1. The number of hydrogen-bond acceptors (Lipinski definition) is 0. The first kappa shape index (κ1) is 22.6. The van der Waals surface area contributed by atoms with Gasteiger partial charge in [-0.15, -0.1) is 0 Å². The van der Waals surface area contributed by atoms with Crippen molar-refractivity contribution in [3.63, 3.8) is 0 Å². The van der Waals surface area contributed by atoms with Gasteiger partial charge >= 0.3 is 0 Å². The zero-order valence-electron chi connectivity index (χ0n) is 20.4. The highest BCUT2D eigenvalue weighted by molar-refractivity contribution is 6.09. The van der Waals surface area contributed by atoms with Crippen molar-refractivity contribution in [1.29, 1.82) is 0 Å². The third-order valence-corrected chi connectivity index (χ3v) is 6.55. The molecule has 0 fully saturated rings. The molecule has 0 aliphatic carbocycles. The van der Waals surface area contributed by atoms with Crippen LogP contribution in [0.15, 0.2) is 67.3 Å². The van der Waals surface area contributed by atoms with Gasteiger partial charge in [0, 0.05) is 17.1 Å². The third-order valence-electron chi connectivity index (χ3n) is 6.55. The molecule has 0 saturated heterocycles. The molecule has 0 aliphatic heterocycles. The van der Waals surface area contributed by atoms with Crippen LogP contribution in [0.2, 0.25) is 0 Å². The lowest BCUT2D eigenvalue weighted by Gasteiger charge is -2.14. The van der Waals surface area contributed by atoms with E-state index < -0.39 is 0 Å². The van der Waals surface area contributed by atoms with E-state index in [4.69, 9.17) is 0 Å². The van der Waals surface area contributed by atoms with Crippen molar-refractivity contribution >= 4 is 45.8 Å². The maximum Gasteiger partial charge on any atom is 0.0493 e. The minimum Gasteiger partial charge on any atom is -0.310 e. The maximum atomic E-state index is 3.98. The van der Waals surface area contributed by atoms with E-state index in [9.17, 15) is 0 Å². The minimum atomic E-state index is 1.01. The van der Waals surface area contributed by atoms with E-state index in [1.807, 2.05) is 6.08 Å². The summed E-state index contributed by atoms with van der Waals surface area (Å²) in [4.78, 5) is 0. The number of allylic oxidation sites excluding steroid dienone is 3. The molecule has 1 heteroatoms. The largest absolute Gasteiger partial charge is 0.310 e. The highest BCUT2D eigenvalue weighted by atomic mass is 15.0. The summed E-state index contributed by atoms with van der Waals surface area (Å²) < 4.78 is 2.42. The van der Waals surface area contributed by atoms with Crippen LogP contribution in [-0.2, 0) is 6.42 Å². The van der Waals surface area contributed by atoms with E-state index in [1.54, 1.807) is 0 Å². The van der Waals surface area contributed by atoms with Crippen molar-refractivity contribution < 1.29 is 0 Å². The molecule has 0 saturated carbocycles. The smallest absolute Gasteiger partial charge is 0.0493 e. The van der Waals surface area contributed by atoms with Crippen molar-refractivity contribution in [2.75, 3.05) is 0 Å². The summed E-state index contributed by atoms with van der Waals surface area (Å²) >= 11 is 0. The minimum absolute atomic E-state index is 1.01. The summed E-state index contributed by atoms with van der Waals surface area (Å²) in [7, 11) is 0. The summed E-state index contributed by atoms with van der Waals surface area (Å²) in [6.45, 7) is 14.8. The van der Waals surface area contributed by atoms with Crippen LogP contribution in [0.1, 0.15) is 50.2 Å². The molecule has 0 spiro atoms. The zero-order valence-corrected chi connectivity index (χ0v) is 20.4. The van der Waals surface area contributed by atoms with E-state index in [0.717, 1.165) is 6.42 Å². The first-order valence-corrected chi connectivity index (χ1v) is 11.8. The molecule has 0 aliphatic rings. The van der Waals surface area contributed by atoms with Crippen molar-refractivity contribution in [2.45, 2.75) is 41.0 Å². The van der Waals surface area contributed by atoms with Crippen LogP contribution in [0.25, 0.3) is 51.5 Å². The summed E-state index contributed by atoms with van der Waals surface area (Å²) in [5.41, 5.74) is 6.47. The molecular weight excluding hydrogens is 398 g/mol. The van der Waals surface area contributed by atoms with Gasteiger partial charge in [0.2, 0.25) is 0 Å². The lowest BCUT2D eigenvalue weighted by Crippen LogP contribution is -2.26. The normalized spacial score (nSPS) is 13.4. The van der Waals surface area contributed by atoms with Gasteiger partial charge in [0.25, 0.3) is 0 Å². The molecule has 3 aromatic carbocycles. The first-order valence-electron chi connectivity index (χ1n) is 11.8. The molecule has 33 heavy (non-hydrogen) atoms. The Balaban J connectivity index is 2.21. The van der Waals surface area contributed by atoms with Gasteiger partial charge in [-0.3, -0.25) is 0 Å². The molecule has 0 N–H and O–H groups in total. The third kappa shape index (κ3) is 3.68. The van der Waals surface area contributed by atoms with Gasteiger partial charge in [0.15, 0.2) is 0 Å². The van der Waals surface area contributed by atoms with Crippen molar-refractivity contribution in [3.05, 3.63) is 100 Å². The molecule has 0 bridgehead atoms. The van der Waals surface area contributed by atoms with E-state index >= 15 is 0 Å². The zero-order chi connectivity index (χ0) is 23.5. The van der Waals surface area contributed by atoms with Crippen LogP contribution in [-0.4, -0.2) is 4.57 Å². The molecule has 0 amide bonds. The van der Waals surface area contributed by atoms with Crippen LogP contribution in [0, 0.1) is 6.92 Å². The fourth-order valence-electron chi connectivity index (χ4n) is 5.17. The Morgan fingerprint density at radius 1 is 0.818 bits per heavy atom. The van der Waals surface area contributed by atoms with Crippen LogP contribution in [0.5, 0.6) is 0 Å². The van der Waals surface area contributed by atoms with Crippen LogP contribution in [0.3, 0.4) is 0 Å². The maximum absolute atomic E-state index is 3.98. The second-order valence-corrected chi connectivity index (χ2v) is 8.36. The average Bonchev–Trinajstić information content (AvgIpc) is 3.10. The fourth-order valence-corrected chi connectivity index (χ4v) is 5.17. The lowest BCUT2D eigenvalue weighted by atomic mass is 9.96. The Labute approximate surface area is 197 Å². The monoisotopic (exact) mass is 431 g/mol. The highest BCUT2D eigenvalue weighted by Gasteiger charge is 2.18. The Morgan fingerprint density at radius 3 is 2.12 bits per heavy atom. The Bertz CT molecular complexity index is 1540. The van der Waals surface area contributed by atoms with Gasteiger partial charge in [0.05, 0.1) is 0 Å². The van der Waals surface area contributed by atoms with Crippen molar-refractivity contribution in [1.82, 2.24) is 4.57 Å². The summed E-state index contributed by atoms with van der Waals surface area (Å²) in [5.74, 6) is 0. The molecule has 0 radical (unpaired) electrons. The predicted molar refractivity (Wildman–Crippen MR) is 148 cm³/mol. The van der Waals surface area contributed by atoms with Gasteiger partial charge in [-0.05, 0) is 102 Å². The number of rotatable bonds is 5. The molecule has 1 nitrogen and oxygen atoms in total. The second-order valence-electron chi connectivity index (χ2n) is 8.36. The number of hydrogen-bond donors (Lipinski definition) is 0. The number of benzene rings is 3. The molecular formula is C32H33N. The van der Waals surface area contributed by atoms with Crippen LogP contribution >= 0.6 is 0 Å². The SMILES string of the molecule is C=C/C=c1\c(=C/C)c2ccccc2c2cc(-n3c(/C=C\C)c(C)c(CC)c3/C=C\C)ccc12. The van der Waals surface area contributed by atoms with Gasteiger partial charge in [-0.25, -0.2) is 0 Å². The van der Waals surface area contributed by atoms with Crippen molar-refractivity contribution in [2.24, 2.45) is 0 Å². The van der Waals surface area contributed by atoms with Gasteiger partial charge in [-0.2, -0.15) is 0 Å². The van der Waals surface area contributed by atoms with Crippen molar-refractivity contribution in [3.8, 4) is 5.69 Å². The van der Waals surface area contributed by atoms with E-state index in [-0.39, 0.29) is 0 Å². The molecule has 1 aromatic heterocycles. The number of fused-ring (bicyclic) bond motifs is 3. The summed E-state index contributed by atoms with van der Waals surface area (Å²) in [6, 6.07) is 15.6.